The number of benzene rings is 4. The van der Waals surface area contributed by atoms with Crippen molar-refractivity contribution in [2.24, 2.45) is 0 Å². The third kappa shape index (κ3) is 8.73. The van der Waals surface area contributed by atoms with Crippen LogP contribution in [-0.2, 0) is 35.7 Å². The molecule has 309 valence electrons. The van der Waals surface area contributed by atoms with E-state index in [0.29, 0.717) is 23.3 Å². The van der Waals surface area contributed by atoms with E-state index in [1.165, 1.54) is 23.5 Å². The van der Waals surface area contributed by atoms with Gasteiger partial charge in [-0.3, -0.25) is 9.80 Å². The Morgan fingerprint density at radius 3 is 1.70 bits per heavy atom. The van der Waals surface area contributed by atoms with Crippen molar-refractivity contribution in [3.63, 3.8) is 0 Å². The van der Waals surface area contributed by atoms with Crippen molar-refractivity contribution in [1.29, 1.82) is 0 Å². The third-order valence-electron chi connectivity index (χ3n) is 10.2. The summed E-state index contributed by atoms with van der Waals surface area (Å²) < 4.78 is 5.95. The van der Waals surface area contributed by atoms with Gasteiger partial charge >= 0.3 is 0 Å². The van der Waals surface area contributed by atoms with Gasteiger partial charge in [-0.15, -0.1) is 18.4 Å². The number of hydrogen-bond donors (Lipinski definition) is 0. The number of nitrogens with zero attached hydrogens (tertiary/aromatic N) is 10. The third-order valence-corrected chi connectivity index (χ3v) is 10.2. The summed E-state index contributed by atoms with van der Waals surface area (Å²) >= 11 is 0. The van der Waals surface area contributed by atoms with Gasteiger partial charge in [-0.1, -0.05) is 126 Å². The molecule has 0 bridgehead atoms. The van der Waals surface area contributed by atoms with Gasteiger partial charge in [0.1, 0.15) is 0 Å². The second-order valence-electron chi connectivity index (χ2n) is 16.2. The molecule has 0 fully saturated rings. The van der Waals surface area contributed by atoms with E-state index in [-0.39, 0.29) is 50.0 Å². The second-order valence-corrected chi connectivity index (χ2v) is 16.2. The van der Waals surface area contributed by atoms with Gasteiger partial charge in [-0.25, -0.2) is 9.97 Å². The molecular weight excluding hydrogens is 925 g/mol. The van der Waals surface area contributed by atoms with Crippen LogP contribution in [0, 0.1) is 39.7 Å². The number of rotatable bonds is 5. The molecule has 0 aliphatic carbocycles. The summed E-state index contributed by atoms with van der Waals surface area (Å²) in [6.07, 6.45) is 2.55. The second kappa shape index (κ2) is 18.0. The van der Waals surface area contributed by atoms with Crippen molar-refractivity contribution in [3.8, 4) is 0 Å². The normalized spacial score (nSPS) is 14.2. The van der Waals surface area contributed by atoms with Gasteiger partial charge in [0.2, 0.25) is 18.0 Å². The fourth-order valence-corrected chi connectivity index (χ4v) is 6.92. The minimum atomic E-state index is -0.470. The summed E-state index contributed by atoms with van der Waals surface area (Å²) in [5.41, 5.74) is 8.64. The zero-order valence-corrected chi connectivity index (χ0v) is 37.1. The number of fused-ring (bicyclic) bond motifs is 2. The first-order valence-electron chi connectivity index (χ1n) is 19.0. The van der Waals surface area contributed by atoms with Crippen molar-refractivity contribution < 1.29 is 24.8 Å². The van der Waals surface area contributed by atoms with Crippen molar-refractivity contribution in [3.05, 3.63) is 161 Å². The molecule has 4 heterocycles. The smallest absolute Gasteiger partial charge is 0.290 e. The van der Waals surface area contributed by atoms with Gasteiger partial charge < -0.3 is 24.2 Å². The molecule has 1 atom stereocenters. The molecule has 2 aromatic heterocycles. The fraction of sp³-hybridized carbons (Fsp3) is 0.271. The van der Waals surface area contributed by atoms with E-state index in [1.807, 2.05) is 74.8 Å². The molecule has 0 spiro atoms. The van der Waals surface area contributed by atoms with E-state index < -0.39 is 6.35 Å². The van der Waals surface area contributed by atoms with Gasteiger partial charge in [-0.2, -0.15) is 23.8 Å². The number of aryl methyl sites for hydroxylation is 2. The van der Waals surface area contributed by atoms with Gasteiger partial charge in [0.15, 0.2) is 5.82 Å². The average Bonchev–Trinajstić information content (AvgIpc) is 3.76. The molecular formula is C48H50IrN10O-2. The number of ether oxygens (including phenoxy) is 1. The van der Waals surface area contributed by atoms with E-state index in [2.05, 4.69) is 134 Å². The van der Waals surface area contributed by atoms with Crippen molar-refractivity contribution in [2.45, 2.75) is 80.0 Å². The van der Waals surface area contributed by atoms with Crippen LogP contribution in [0.5, 0.6) is 0 Å². The molecule has 0 amide bonds. The van der Waals surface area contributed by atoms with E-state index >= 15 is 0 Å². The van der Waals surface area contributed by atoms with Crippen molar-refractivity contribution in [2.75, 3.05) is 26.7 Å². The SMILES string of the molecule is C.[C-]#[N+]c1cnc2c(n1)N(c1ccccc1C)C(OC)N2c1ccc(C(C)(C)C)cc1.[C-]#[N+]c1cnc2c(n1)N(c1ccccc1C)[CH-]N2c1[c-]cc(C(C)(C)C)cc1.[Ir]. The quantitative estimate of drug-likeness (QED) is 0.157. The predicted molar refractivity (Wildman–Crippen MR) is 238 cm³/mol. The number of methoxy groups -OCH3 is 1. The number of para-hydroxylation sites is 2. The van der Waals surface area contributed by atoms with Gasteiger partial charge in [0.25, 0.3) is 17.5 Å². The van der Waals surface area contributed by atoms with E-state index in [0.717, 1.165) is 33.9 Å². The molecule has 0 N–H and O–H groups in total. The fourth-order valence-electron chi connectivity index (χ4n) is 6.92. The van der Waals surface area contributed by atoms with Gasteiger partial charge in [-0.05, 0) is 60.2 Å². The van der Waals surface area contributed by atoms with E-state index in [1.54, 1.807) is 7.11 Å². The molecule has 0 saturated heterocycles. The Labute approximate surface area is 368 Å². The number of aromatic nitrogens is 4. The number of hydrogen-bond acceptors (Lipinski definition) is 9. The summed E-state index contributed by atoms with van der Waals surface area (Å²) in [7, 11) is 1.67. The first-order valence-corrected chi connectivity index (χ1v) is 19.0. The zero-order valence-electron chi connectivity index (χ0n) is 34.7. The molecule has 12 heteroatoms. The Kier molecular flexibility index (Phi) is 13.5. The van der Waals surface area contributed by atoms with Gasteiger partial charge in [0.05, 0.1) is 18.1 Å². The Bertz CT molecular complexity index is 2530. The van der Waals surface area contributed by atoms with Crippen LogP contribution in [0.25, 0.3) is 9.69 Å². The topological polar surface area (TPSA) is 82.5 Å². The Morgan fingerprint density at radius 1 is 0.650 bits per heavy atom. The summed E-state index contributed by atoms with van der Waals surface area (Å²) in [5.74, 6) is 3.16. The standard InChI is InChI=1S/C24H25N5O.C23H21N5.CH4.Ir/c1-16-9-7-8-10-19(16)29-22-21(26-15-20(25-5)27-22)28(23(29)30-6)18-13-11-17(12-14-18)24(2,3)4;1-16-8-6-7-9-19(16)28-15-27(21-22(28)26-20(24-5)14-25-21)18-12-10-17(11-13-18)23(2,3)4;;/h7-15,23H,1-4,6H3;6-12,14-15H,1-4H3;1H4;/q;-2;;. The molecule has 0 saturated carbocycles. The molecule has 11 nitrogen and oxygen atoms in total. The zero-order chi connectivity index (χ0) is 41.4. The summed E-state index contributed by atoms with van der Waals surface area (Å²) in [6.45, 7) is 33.9. The first-order chi connectivity index (χ1) is 27.7. The molecule has 2 aliphatic rings. The van der Waals surface area contributed by atoms with Crippen LogP contribution in [0.3, 0.4) is 0 Å². The summed E-state index contributed by atoms with van der Waals surface area (Å²) in [6, 6.07) is 34.2. The summed E-state index contributed by atoms with van der Waals surface area (Å²) in [5, 5.41) is 0. The first kappa shape index (κ1) is 44.9. The minimum Gasteiger partial charge on any atom is -0.475 e. The number of anilines is 8. The molecule has 2 aliphatic heterocycles. The van der Waals surface area contributed by atoms with Crippen molar-refractivity contribution >= 4 is 57.7 Å². The average molecular weight is 975 g/mol. The predicted octanol–water partition coefficient (Wildman–Crippen LogP) is 12.3. The summed E-state index contributed by atoms with van der Waals surface area (Å²) in [4.78, 5) is 33.1. The van der Waals surface area contributed by atoms with Crippen LogP contribution in [-0.4, -0.2) is 33.4 Å². The molecule has 4 aromatic carbocycles. The maximum absolute atomic E-state index is 7.37. The molecule has 8 rings (SSSR count). The van der Waals surface area contributed by atoms with Crippen LogP contribution < -0.4 is 19.6 Å². The minimum absolute atomic E-state index is 0. The van der Waals surface area contributed by atoms with Crippen LogP contribution in [0.15, 0.2) is 103 Å². The van der Waals surface area contributed by atoms with Crippen LogP contribution in [0.2, 0.25) is 0 Å². The Balaban J connectivity index is 0.000000221. The van der Waals surface area contributed by atoms with E-state index in [9.17, 15) is 0 Å². The maximum Gasteiger partial charge on any atom is 0.290 e. The van der Waals surface area contributed by atoms with Gasteiger partial charge in [0, 0.05) is 38.6 Å². The Hall–Kier alpha value is -6.17. The molecule has 1 unspecified atom stereocenters. The monoisotopic (exact) mass is 975 g/mol. The molecule has 6 aromatic rings. The van der Waals surface area contributed by atoms with Crippen molar-refractivity contribution in [1.82, 2.24) is 19.9 Å². The van der Waals surface area contributed by atoms with Crippen LogP contribution >= 0.6 is 0 Å². The van der Waals surface area contributed by atoms with E-state index in [4.69, 9.17) is 17.9 Å². The van der Waals surface area contributed by atoms with Crippen LogP contribution in [0.4, 0.5) is 57.7 Å². The molecule has 1 radical (unpaired) electrons. The molecule has 60 heavy (non-hydrogen) atoms. The Morgan fingerprint density at radius 2 is 1.18 bits per heavy atom. The maximum atomic E-state index is 7.37. The van der Waals surface area contributed by atoms with Crippen LogP contribution in [0.1, 0.15) is 71.2 Å². The largest absolute Gasteiger partial charge is 0.475 e.